The Labute approximate surface area is 82.8 Å². The number of hydrogen-bond acceptors (Lipinski definition) is 2. The van der Waals surface area contributed by atoms with Crippen LogP contribution in [0, 0.1) is 0 Å². The minimum absolute atomic E-state index is 0.0625. The van der Waals surface area contributed by atoms with Gasteiger partial charge in [0.25, 0.3) is 0 Å². The fraction of sp³-hybridized carbons (Fsp3) is 0.600. The quantitative estimate of drug-likeness (QED) is 0.541. The molecule has 0 saturated heterocycles. The van der Waals surface area contributed by atoms with Gasteiger partial charge in [-0.15, -0.1) is 0 Å². The first-order valence-electron chi connectivity index (χ1n) is 2.77. The molecule has 0 rings (SSSR count). The molecule has 6 heteroatoms. The molecular formula is C5H8AlCl3O2. The molecule has 0 N–H and O–H groups in total. The van der Waals surface area contributed by atoms with E-state index in [4.69, 9.17) is 30.1 Å². The second-order valence-electron chi connectivity index (χ2n) is 1.83. The van der Waals surface area contributed by atoms with Crippen LogP contribution >= 0.6 is 30.1 Å². The highest BCUT2D eigenvalue weighted by atomic mass is 35.8. The Balaban J connectivity index is 0. The van der Waals surface area contributed by atoms with Gasteiger partial charge in [0.2, 0.25) is 0 Å². The standard InChI is InChI=1S/C5H8O2.Al.3ClH/c1-4(6)3-5(2)7;;;;/h3H2,1-2H3;;3*1H/q;+3;;;/p-3. The maximum Gasteiger partial charge on any atom is 0.643 e. The minimum Gasteiger partial charge on any atom is -0.300 e. The molecule has 0 fully saturated rings. The van der Waals surface area contributed by atoms with Gasteiger partial charge in [0.15, 0.2) is 0 Å². The lowest BCUT2D eigenvalue weighted by Gasteiger charge is -1.81. The normalized spacial score (nSPS) is 7.73. The highest BCUT2D eigenvalue weighted by Gasteiger charge is 2.00. The molecule has 0 saturated carbocycles. The van der Waals surface area contributed by atoms with Gasteiger partial charge in [0.1, 0.15) is 11.6 Å². The second kappa shape index (κ2) is 8.84. The van der Waals surface area contributed by atoms with Crippen LogP contribution < -0.4 is 0 Å². The van der Waals surface area contributed by atoms with E-state index in [0.29, 0.717) is 0 Å². The summed E-state index contributed by atoms with van der Waals surface area (Å²) < 4.78 is 0. The van der Waals surface area contributed by atoms with E-state index < -0.39 is 11.4 Å². The Kier molecular flexibility index (Phi) is 11.5. The lowest BCUT2D eigenvalue weighted by molar-refractivity contribution is -0.124. The van der Waals surface area contributed by atoms with Crippen molar-refractivity contribution in [3.05, 3.63) is 0 Å². The Bertz CT molecular complexity index is 123. The second-order valence-corrected chi connectivity index (χ2v) is 8.26. The fourth-order valence-electron chi connectivity index (χ4n) is 0.351. The van der Waals surface area contributed by atoms with Gasteiger partial charge >= 0.3 is 11.4 Å². The molecule has 0 atom stereocenters. The molecule has 2 nitrogen and oxygen atoms in total. The van der Waals surface area contributed by atoms with Crippen molar-refractivity contribution in [3.8, 4) is 0 Å². The van der Waals surface area contributed by atoms with E-state index in [9.17, 15) is 9.59 Å². The van der Waals surface area contributed by atoms with Gasteiger partial charge in [-0.05, 0) is 13.8 Å². The van der Waals surface area contributed by atoms with Crippen molar-refractivity contribution in [2.24, 2.45) is 0 Å². The lowest BCUT2D eigenvalue weighted by atomic mass is 10.2. The third kappa shape index (κ3) is 36.5. The number of hydrogen-bond donors (Lipinski definition) is 0. The van der Waals surface area contributed by atoms with Crippen molar-refractivity contribution in [2.45, 2.75) is 20.3 Å². The number of Topliss-reactive ketones (excluding diaryl/α,β-unsaturated/α-hetero) is 2. The molecule has 0 aliphatic carbocycles. The van der Waals surface area contributed by atoms with Gasteiger partial charge < -0.3 is 0 Å². The monoisotopic (exact) mass is 232 g/mol. The molecule has 11 heavy (non-hydrogen) atoms. The number of ketones is 2. The number of halogens is 3. The van der Waals surface area contributed by atoms with Crippen LogP contribution in [0.25, 0.3) is 0 Å². The van der Waals surface area contributed by atoms with Crippen LogP contribution in [-0.4, -0.2) is 23.0 Å². The van der Waals surface area contributed by atoms with Gasteiger partial charge in [0, 0.05) is 0 Å². The van der Waals surface area contributed by atoms with Crippen molar-refractivity contribution >= 4 is 53.1 Å². The maximum absolute atomic E-state index is 10.0. The Morgan fingerprint density at radius 3 is 1.27 bits per heavy atom. The maximum atomic E-state index is 10.0. The SMILES string of the molecule is CC(=O)CC(C)=O.[Cl][Al]([Cl])[Cl]. The van der Waals surface area contributed by atoms with Crippen molar-refractivity contribution in [3.63, 3.8) is 0 Å². The van der Waals surface area contributed by atoms with Crippen LogP contribution in [0.5, 0.6) is 0 Å². The Morgan fingerprint density at radius 2 is 1.27 bits per heavy atom. The van der Waals surface area contributed by atoms with Crippen molar-refractivity contribution in [1.82, 2.24) is 0 Å². The number of carbonyl (C=O) groups excluding carboxylic acids is 2. The largest absolute Gasteiger partial charge is 0.643 e. The number of rotatable bonds is 2. The summed E-state index contributed by atoms with van der Waals surface area (Å²) >= 11 is -1.72. The summed E-state index contributed by atoms with van der Waals surface area (Å²) in [6, 6.07) is 0. The zero-order valence-corrected chi connectivity index (χ0v) is 9.66. The smallest absolute Gasteiger partial charge is 0.300 e. The van der Waals surface area contributed by atoms with Crippen LogP contribution in [0.3, 0.4) is 0 Å². The summed E-state index contributed by atoms with van der Waals surface area (Å²) in [4.78, 5) is 20.1. The lowest BCUT2D eigenvalue weighted by Crippen LogP contribution is -1.97. The summed E-state index contributed by atoms with van der Waals surface area (Å²) in [6.45, 7) is 2.81. The predicted molar refractivity (Wildman–Crippen MR) is 49.3 cm³/mol. The summed E-state index contributed by atoms with van der Waals surface area (Å²) in [6.07, 6.45) is 0.0833. The van der Waals surface area contributed by atoms with Gasteiger partial charge in [-0.3, -0.25) is 9.59 Å². The van der Waals surface area contributed by atoms with Crippen molar-refractivity contribution in [2.75, 3.05) is 0 Å². The third-order valence-corrected chi connectivity index (χ3v) is 0.498. The molecule has 0 heterocycles. The van der Waals surface area contributed by atoms with E-state index in [1.807, 2.05) is 0 Å². The van der Waals surface area contributed by atoms with E-state index in [1.54, 1.807) is 0 Å². The highest BCUT2D eigenvalue weighted by Crippen LogP contribution is 1.97. The molecule has 64 valence electrons. The molecule has 0 bridgehead atoms. The molecular weight excluding hydrogens is 225 g/mol. The first-order valence-corrected chi connectivity index (χ1v) is 8.01. The van der Waals surface area contributed by atoms with E-state index in [1.165, 1.54) is 13.8 Å². The van der Waals surface area contributed by atoms with Crippen LogP contribution in [0.4, 0.5) is 0 Å². The van der Waals surface area contributed by atoms with Crippen LogP contribution in [0.2, 0.25) is 0 Å². The predicted octanol–water partition coefficient (Wildman–Crippen LogP) is 2.24. The first kappa shape index (κ1) is 14.3. The summed E-state index contributed by atoms with van der Waals surface area (Å²) in [5.41, 5.74) is 0. The van der Waals surface area contributed by atoms with Gasteiger partial charge in [0.05, 0.1) is 6.42 Å². The third-order valence-electron chi connectivity index (χ3n) is 0.498. The first-order chi connectivity index (χ1) is 4.86. The number of carbonyl (C=O) groups is 2. The van der Waals surface area contributed by atoms with E-state index in [2.05, 4.69) is 0 Å². The average Bonchev–Trinajstić information content (AvgIpc) is 1.56. The molecule has 0 aromatic rings. The van der Waals surface area contributed by atoms with Gasteiger partial charge in [-0.25, -0.2) is 30.1 Å². The summed E-state index contributed by atoms with van der Waals surface area (Å²) in [5, 5.41) is 0. The molecule has 0 radical (unpaired) electrons. The van der Waals surface area contributed by atoms with Crippen molar-refractivity contribution < 1.29 is 9.59 Å². The zero-order valence-electron chi connectivity index (χ0n) is 6.23. The molecule has 0 aromatic heterocycles. The fourth-order valence-corrected chi connectivity index (χ4v) is 0.351. The highest BCUT2D eigenvalue weighted by molar-refractivity contribution is 7.54. The van der Waals surface area contributed by atoms with Gasteiger partial charge in [-0.1, -0.05) is 0 Å². The van der Waals surface area contributed by atoms with Crippen LogP contribution in [0.15, 0.2) is 0 Å². The van der Waals surface area contributed by atoms with Crippen LogP contribution in [-0.2, 0) is 9.59 Å². The molecule has 0 aliphatic rings. The molecule has 0 aliphatic heterocycles. The average molecular weight is 233 g/mol. The van der Waals surface area contributed by atoms with Crippen LogP contribution in [0.1, 0.15) is 20.3 Å². The molecule has 0 amide bonds. The van der Waals surface area contributed by atoms with Crippen molar-refractivity contribution in [1.29, 1.82) is 0 Å². The van der Waals surface area contributed by atoms with Gasteiger partial charge in [-0.2, -0.15) is 0 Å². The summed E-state index contributed by atoms with van der Waals surface area (Å²) in [5.74, 6) is -0.125. The van der Waals surface area contributed by atoms with E-state index in [0.717, 1.165) is 0 Å². The Hall–Kier alpha value is 0.742. The summed E-state index contributed by atoms with van der Waals surface area (Å²) in [7, 11) is 14.8. The molecule has 0 spiro atoms. The zero-order chi connectivity index (χ0) is 9.44. The van der Waals surface area contributed by atoms with E-state index in [-0.39, 0.29) is 18.0 Å². The Morgan fingerprint density at radius 1 is 1.09 bits per heavy atom. The van der Waals surface area contributed by atoms with E-state index >= 15 is 0 Å². The topological polar surface area (TPSA) is 34.1 Å². The molecule has 0 unspecified atom stereocenters. The minimum atomic E-state index is -1.72. The molecule has 0 aromatic carbocycles.